The van der Waals surface area contributed by atoms with Gasteiger partial charge in [0, 0.05) is 10.6 Å². The minimum absolute atomic E-state index is 0.000503. The van der Waals surface area contributed by atoms with Gasteiger partial charge in [-0.25, -0.2) is 5.01 Å². The van der Waals surface area contributed by atoms with Crippen molar-refractivity contribution in [3.05, 3.63) is 64.7 Å². The Balaban J connectivity index is 1.95. The van der Waals surface area contributed by atoms with E-state index in [0.717, 1.165) is 5.01 Å². The van der Waals surface area contributed by atoms with Gasteiger partial charge in [-0.15, -0.1) is 0 Å². The Kier molecular flexibility index (Phi) is 3.56. The molecule has 2 aromatic carbocycles. The molecule has 0 saturated carbocycles. The van der Waals surface area contributed by atoms with Gasteiger partial charge in [0.05, 0.1) is 5.69 Å². The molecule has 1 fully saturated rings. The van der Waals surface area contributed by atoms with Gasteiger partial charge in [0.1, 0.15) is 11.3 Å². The molecule has 2 N–H and O–H groups in total. The Morgan fingerprint density at radius 3 is 2.41 bits per heavy atom. The summed E-state index contributed by atoms with van der Waals surface area (Å²) < 4.78 is 0. The van der Waals surface area contributed by atoms with Gasteiger partial charge in [-0.2, -0.15) is 0 Å². The summed E-state index contributed by atoms with van der Waals surface area (Å²) in [5.41, 5.74) is 3.34. The SMILES string of the molecule is O=C1NN(c2ccc(Cl)cc2)C(=O)/C1=C/c1ccccc1O. The Hall–Kier alpha value is -2.79. The minimum atomic E-state index is -0.525. The molecule has 0 aromatic heterocycles. The van der Waals surface area contributed by atoms with Crippen LogP contribution in [0.5, 0.6) is 5.75 Å². The van der Waals surface area contributed by atoms with Crippen LogP contribution in [0.2, 0.25) is 5.02 Å². The van der Waals surface area contributed by atoms with Crippen molar-refractivity contribution < 1.29 is 14.7 Å². The van der Waals surface area contributed by atoms with Crippen LogP contribution in [0, 0.1) is 0 Å². The quantitative estimate of drug-likeness (QED) is 0.661. The number of carbonyl (C=O) groups excluding carboxylic acids is 2. The van der Waals surface area contributed by atoms with Crippen LogP contribution < -0.4 is 10.4 Å². The molecule has 1 aliphatic rings. The number of anilines is 1. The number of carbonyl (C=O) groups is 2. The van der Waals surface area contributed by atoms with E-state index >= 15 is 0 Å². The molecule has 1 heterocycles. The number of para-hydroxylation sites is 1. The smallest absolute Gasteiger partial charge is 0.282 e. The molecule has 0 spiro atoms. The van der Waals surface area contributed by atoms with Crippen LogP contribution in [-0.4, -0.2) is 16.9 Å². The van der Waals surface area contributed by atoms with Crippen LogP contribution in [0.25, 0.3) is 6.08 Å². The van der Waals surface area contributed by atoms with Crippen LogP contribution in [-0.2, 0) is 9.59 Å². The third kappa shape index (κ3) is 2.54. The molecular formula is C16H11ClN2O3. The van der Waals surface area contributed by atoms with Crippen molar-refractivity contribution in [2.24, 2.45) is 0 Å². The van der Waals surface area contributed by atoms with Gasteiger partial charge in [0.2, 0.25) is 0 Å². The van der Waals surface area contributed by atoms with Gasteiger partial charge in [0.15, 0.2) is 0 Å². The van der Waals surface area contributed by atoms with Crippen molar-refractivity contribution in [2.75, 3.05) is 5.01 Å². The second-order valence-corrected chi connectivity index (χ2v) is 5.11. The Labute approximate surface area is 131 Å². The highest BCUT2D eigenvalue weighted by Gasteiger charge is 2.34. The number of aromatic hydroxyl groups is 1. The number of nitrogens with one attached hydrogen (secondary N) is 1. The first-order valence-electron chi connectivity index (χ1n) is 6.47. The summed E-state index contributed by atoms with van der Waals surface area (Å²) in [6.07, 6.45) is 1.36. The summed E-state index contributed by atoms with van der Waals surface area (Å²) in [5.74, 6) is -1.01. The van der Waals surface area contributed by atoms with Crippen molar-refractivity contribution in [2.45, 2.75) is 0 Å². The average Bonchev–Trinajstić information content (AvgIpc) is 2.78. The number of nitrogens with zero attached hydrogens (tertiary/aromatic N) is 1. The average molecular weight is 315 g/mol. The molecule has 0 radical (unpaired) electrons. The normalized spacial score (nSPS) is 16.2. The topological polar surface area (TPSA) is 69.6 Å². The van der Waals surface area contributed by atoms with Crippen LogP contribution in [0.4, 0.5) is 5.69 Å². The van der Waals surface area contributed by atoms with Gasteiger partial charge in [0.25, 0.3) is 11.8 Å². The van der Waals surface area contributed by atoms with Crippen molar-refractivity contribution in [1.82, 2.24) is 5.43 Å². The summed E-state index contributed by atoms with van der Waals surface area (Å²) in [6.45, 7) is 0. The maximum Gasteiger partial charge on any atom is 0.282 e. The predicted octanol–water partition coefficient (Wildman–Crippen LogP) is 2.51. The van der Waals surface area contributed by atoms with E-state index in [1.807, 2.05) is 0 Å². The highest BCUT2D eigenvalue weighted by molar-refractivity contribution is 6.32. The molecule has 0 bridgehead atoms. The number of phenolic OH excluding ortho intramolecular Hbond substituents is 1. The van der Waals surface area contributed by atoms with Crippen molar-refractivity contribution in [1.29, 1.82) is 0 Å². The number of hydrazine groups is 1. The lowest BCUT2D eigenvalue weighted by Crippen LogP contribution is -2.35. The molecule has 0 unspecified atom stereocenters. The Bertz CT molecular complexity index is 784. The predicted molar refractivity (Wildman–Crippen MR) is 83.2 cm³/mol. The lowest BCUT2D eigenvalue weighted by molar-refractivity contribution is -0.117. The molecule has 1 aliphatic heterocycles. The Morgan fingerprint density at radius 1 is 1.05 bits per heavy atom. The summed E-state index contributed by atoms with van der Waals surface area (Å²) in [4.78, 5) is 24.4. The molecule has 6 heteroatoms. The Morgan fingerprint density at radius 2 is 1.73 bits per heavy atom. The highest BCUT2D eigenvalue weighted by Crippen LogP contribution is 2.25. The van der Waals surface area contributed by atoms with E-state index in [2.05, 4.69) is 5.43 Å². The molecule has 2 aromatic rings. The maximum absolute atomic E-state index is 12.4. The molecule has 2 amide bonds. The molecule has 5 nitrogen and oxygen atoms in total. The van der Waals surface area contributed by atoms with Gasteiger partial charge in [-0.1, -0.05) is 29.8 Å². The number of halogens is 1. The van der Waals surface area contributed by atoms with Gasteiger partial charge < -0.3 is 5.11 Å². The molecular weight excluding hydrogens is 304 g/mol. The third-order valence-corrected chi connectivity index (χ3v) is 3.46. The first kappa shape index (κ1) is 14.2. The van der Waals surface area contributed by atoms with Crippen molar-refractivity contribution in [3.8, 4) is 5.75 Å². The summed E-state index contributed by atoms with van der Waals surface area (Å²) in [5, 5.41) is 11.4. The van der Waals surface area contributed by atoms with E-state index in [9.17, 15) is 14.7 Å². The summed E-state index contributed by atoms with van der Waals surface area (Å²) in [7, 11) is 0. The van der Waals surface area contributed by atoms with Crippen LogP contribution in [0.15, 0.2) is 54.1 Å². The van der Waals surface area contributed by atoms with E-state index in [0.29, 0.717) is 16.3 Å². The van der Waals surface area contributed by atoms with Crippen molar-refractivity contribution in [3.63, 3.8) is 0 Å². The molecule has 110 valence electrons. The van der Waals surface area contributed by atoms with Crippen LogP contribution in [0.3, 0.4) is 0 Å². The summed E-state index contributed by atoms with van der Waals surface area (Å²) in [6, 6.07) is 13.0. The van der Waals surface area contributed by atoms with E-state index in [-0.39, 0.29) is 11.3 Å². The third-order valence-electron chi connectivity index (χ3n) is 3.21. The number of hydrogen-bond acceptors (Lipinski definition) is 3. The largest absolute Gasteiger partial charge is 0.507 e. The first-order chi connectivity index (χ1) is 10.6. The zero-order valence-corrected chi connectivity index (χ0v) is 12.0. The van der Waals surface area contributed by atoms with Gasteiger partial charge in [-0.05, 0) is 36.4 Å². The lowest BCUT2D eigenvalue weighted by atomic mass is 10.1. The monoisotopic (exact) mass is 314 g/mol. The highest BCUT2D eigenvalue weighted by atomic mass is 35.5. The second kappa shape index (κ2) is 5.54. The second-order valence-electron chi connectivity index (χ2n) is 4.67. The number of hydrogen-bond donors (Lipinski definition) is 2. The zero-order chi connectivity index (χ0) is 15.7. The fourth-order valence-corrected chi connectivity index (χ4v) is 2.22. The lowest BCUT2D eigenvalue weighted by Gasteiger charge is -2.14. The van der Waals surface area contributed by atoms with E-state index in [1.54, 1.807) is 42.5 Å². The maximum atomic E-state index is 12.4. The molecule has 0 aliphatic carbocycles. The van der Waals surface area contributed by atoms with E-state index in [1.165, 1.54) is 12.1 Å². The number of phenols is 1. The van der Waals surface area contributed by atoms with Crippen molar-refractivity contribution >= 4 is 35.2 Å². The molecule has 22 heavy (non-hydrogen) atoms. The fraction of sp³-hybridized carbons (Fsp3) is 0. The minimum Gasteiger partial charge on any atom is -0.507 e. The number of amides is 2. The van der Waals surface area contributed by atoms with Crippen LogP contribution >= 0.6 is 11.6 Å². The van der Waals surface area contributed by atoms with Crippen LogP contribution in [0.1, 0.15) is 5.56 Å². The molecule has 3 rings (SSSR count). The first-order valence-corrected chi connectivity index (χ1v) is 6.85. The standard InChI is InChI=1S/C16H11ClN2O3/c17-11-5-7-12(8-6-11)19-16(22)13(15(21)18-19)9-10-3-1-2-4-14(10)20/h1-9,20H,(H,18,21)/b13-9+. The van der Waals surface area contributed by atoms with Gasteiger partial charge in [-0.3, -0.25) is 15.0 Å². The van der Waals surface area contributed by atoms with Gasteiger partial charge >= 0.3 is 0 Å². The van der Waals surface area contributed by atoms with E-state index < -0.39 is 11.8 Å². The zero-order valence-electron chi connectivity index (χ0n) is 11.3. The summed E-state index contributed by atoms with van der Waals surface area (Å²) >= 11 is 5.81. The van der Waals surface area contributed by atoms with E-state index in [4.69, 9.17) is 11.6 Å². The fourth-order valence-electron chi connectivity index (χ4n) is 2.09. The number of benzene rings is 2. The molecule has 1 saturated heterocycles. The molecule has 0 atom stereocenters. The number of rotatable bonds is 2.